The minimum Gasteiger partial charge on any atom is -0.508 e. The highest BCUT2D eigenvalue weighted by Crippen LogP contribution is 2.34. The second-order valence-electron chi connectivity index (χ2n) is 5.63. The summed E-state index contributed by atoms with van der Waals surface area (Å²) in [6.07, 6.45) is 1.37. The maximum absolute atomic E-state index is 12.4. The van der Waals surface area contributed by atoms with Crippen molar-refractivity contribution in [3.8, 4) is 5.75 Å². The number of aryl methyl sites for hydroxylation is 1. The number of carbonyl (C=O) groups is 2. The Labute approximate surface area is 143 Å². The van der Waals surface area contributed by atoms with Gasteiger partial charge in [0.15, 0.2) is 11.6 Å². The van der Waals surface area contributed by atoms with Gasteiger partial charge < -0.3 is 20.0 Å². The Balaban J connectivity index is 2.10. The van der Waals surface area contributed by atoms with E-state index in [-0.39, 0.29) is 23.4 Å². The fraction of sp³-hybridized carbons (Fsp3) is 0.250. The minimum atomic E-state index is -4.72. The van der Waals surface area contributed by atoms with Crippen molar-refractivity contribution in [2.24, 2.45) is 0 Å². The van der Waals surface area contributed by atoms with Crippen molar-refractivity contribution in [3.63, 3.8) is 0 Å². The van der Waals surface area contributed by atoms with Gasteiger partial charge in [-0.1, -0.05) is 12.1 Å². The Bertz CT molecular complexity index is 806. The quantitative estimate of drug-likeness (QED) is 0.458. The Hall–Kier alpha value is -2.41. The molecular formula is C16H18NO7P. The van der Waals surface area contributed by atoms with Crippen LogP contribution in [-0.2, 0) is 20.6 Å². The van der Waals surface area contributed by atoms with Crippen LogP contribution < -0.4 is 5.09 Å². The zero-order valence-electron chi connectivity index (χ0n) is 13.2. The number of Topliss-reactive ketones (excluding diaryl/α,β-unsaturated/α-hetero) is 1. The number of allylic oxidation sites excluding steroid dienone is 3. The number of aromatic hydroxyl groups is 1. The number of nitrogens with one attached hydrogen (secondary N) is 1. The summed E-state index contributed by atoms with van der Waals surface area (Å²) in [6, 6.07) is 6.57. The number of hydrogen-bond donors (Lipinski definition) is 5. The Morgan fingerprint density at radius 2 is 1.96 bits per heavy atom. The topological polar surface area (TPSA) is 144 Å². The lowest BCUT2D eigenvalue weighted by atomic mass is 9.94. The van der Waals surface area contributed by atoms with Crippen molar-refractivity contribution >= 4 is 19.3 Å². The van der Waals surface area contributed by atoms with Gasteiger partial charge in [-0.05, 0) is 30.5 Å². The lowest BCUT2D eigenvalue weighted by Gasteiger charge is -2.19. The Kier molecular flexibility index (Phi) is 5.79. The maximum Gasteiger partial charge on any atom is 0.427 e. The van der Waals surface area contributed by atoms with E-state index in [1.807, 2.05) is 5.09 Å². The second kappa shape index (κ2) is 7.65. The third-order valence-electron chi connectivity index (χ3n) is 3.55. The number of benzene rings is 1. The first kappa shape index (κ1) is 18.9. The van der Waals surface area contributed by atoms with Gasteiger partial charge in [-0.3, -0.25) is 14.7 Å². The van der Waals surface area contributed by atoms with Crippen LogP contribution in [0.4, 0.5) is 0 Å². The molecular weight excluding hydrogens is 349 g/mol. The molecule has 1 aliphatic carbocycles. The first-order chi connectivity index (χ1) is 11.7. The lowest BCUT2D eigenvalue weighted by Crippen LogP contribution is -2.23. The van der Waals surface area contributed by atoms with Crippen molar-refractivity contribution < 1.29 is 34.2 Å². The van der Waals surface area contributed by atoms with E-state index in [4.69, 9.17) is 9.79 Å². The maximum atomic E-state index is 12.4. The van der Waals surface area contributed by atoms with Crippen LogP contribution in [0.25, 0.3) is 0 Å². The van der Waals surface area contributed by atoms with Gasteiger partial charge in [0, 0.05) is 18.2 Å². The monoisotopic (exact) mass is 367 g/mol. The molecule has 0 fully saturated rings. The summed E-state index contributed by atoms with van der Waals surface area (Å²) < 4.78 is 11.1. The smallest absolute Gasteiger partial charge is 0.427 e. The average Bonchev–Trinajstić information content (AvgIpc) is 2.44. The number of phenols is 1. The first-order valence-corrected chi connectivity index (χ1v) is 9.09. The third-order valence-corrected chi connectivity index (χ3v) is 4.11. The summed E-state index contributed by atoms with van der Waals surface area (Å²) >= 11 is 0. The van der Waals surface area contributed by atoms with Gasteiger partial charge in [0.1, 0.15) is 11.5 Å². The summed E-state index contributed by atoms with van der Waals surface area (Å²) in [7, 11) is -4.72. The molecule has 25 heavy (non-hydrogen) atoms. The molecule has 0 heterocycles. The van der Waals surface area contributed by atoms with Crippen molar-refractivity contribution in [3.05, 3.63) is 52.9 Å². The number of ketones is 2. The van der Waals surface area contributed by atoms with Gasteiger partial charge in [0.25, 0.3) is 0 Å². The van der Waals surface area contributed by atoms with E-state index in [1.54, 1.807) is 18.2 Å². The van der Waals surface area contributed by atoms with Crippen molar-refractivity contribution in [1.82, 2.24) is 5.09 Å². The molecule has 0 amide bonds. The number of rotatable bonds is 7. The number of hydrogen-bond acceptors (Lipinski definition) is 5. The van der Waals surface area contributed by atoms with Gasteiger partial charge >= 0.3 is 7.75 Å². The molecule has 1 aliphatic rings. The summed E-state index contributed by atoms with van der Waals surface area (Å²) in [5, 5.41) is 21.1. The number of aliphatic hydroxyl groups is 1. The molecule has 0 aliphatic heterocycles. The Morgan fingerprint density at radius 1 is 1.24 bits per heavy atom. The van der Waals surface area contributed by atoms with Crippen molar-refractivity contribution in [2.75, 3.05) is 0 Å². The van der Waals surface area contributed by atoms with Crippen LogP contribution in [-0.4, -0.2) is 31.6 Å². The number of carbonyl (C=O) groups excluding carboxylic acids is 2. The molecule has 5 N–H and O–H groups in total. The molecule has 0 atom stereocenters. The van der Waals surface area contributed by atoms with Gasteiger partial charge in [-0.2, -0.15) is 0 Å². The van der Waals surface area contributed by atoms with E-state index in [1.165, 1.54) is 6.07 Å². The van der Waals surface area contributed by atoms with Crippen LogP contribution in [0.5, 0.6) is 5.75 Å². The van der Waals surface area contributed by atoms with E-state index < -0.39 is 31.5 Å². The van der Waals surface area contributed by atoms with E-state index in [2.05, 4.69) is 0 Å². The first-order valence-electron chi connectivity index (χ1n) is 7.47. The molecule has 1 aromatic rings. The van der Waals surface area contributed by atoms with Crippen LogP contribution in [0.15, 0.2) is 47.4 Å². The van der Waals surface area contributed by atoms with E-state index in [0.717, 1.165) is 11.6 Å². The molecule has 0 saturated heterocycles. The SMILES string of the molecule is O=C1C=C(O)C(C(=O)CCCc2cccc(O)c2)=C(NP(=O)(O)O)C1. The molecule has 9 heteroatoms. The Morgan fingerprint density at radius 3 is 2.60 bits per heavy atom. The molecule has 1 aromatic carbocycles. The molecule has 2 rings (SSSR count). The molecule has 0 radical (unpaired) electrons. The summed E-state index contributed by atoms with van der Waals surface area (Å²) in [4.78, 5) is 41.8. The number of phenolic OH excluding ortho intramolecular Hbond substituents is 1. The van der Waals surface area contributed by atoms with Crippen LogP contribution in [0.1, 0.15) is 24.8 Å². The highest BCUT2D eigenvalue weighted by Gasteiger charge is 2.28. The average molecular weight is 367 g/mol. The fourth-order valence-electron chi connectivity index (χ4n) is 2.57. The van der Waals surface area contributed by atoms with Gasteiger partial charge in [-0.25, -0.2) is 4.57 Å². The van der Waals surface area contributed by atoms with Gasteiger partial charge in [0.2, 0.25) is 0 Å². The highest BCUT2D eigenvalue weighted by molar-refractivity contribution is 7.49. The highest BCUT2D eigenvalue weighted by atomic mass is 31.2. The molecule has 0 bridgehead atoms. The molecule has 134 valence electrons. The van der Waals surface area contributed by atoms with Crippen LogP contribution in [0.2, 0.25) is 0 Å². The van der Waals surface area contributed by atoms with Crippen LogP contribution in [0.3, 0.4) is 0 Å². The molecule has 0 unspecified atom stereocenters. The van der Waals surface area contributed by atoms with Gasteiger partial charge in [-0.15, -0.1) is 0 Å². The normalized spacial score (nSPS) is 15.1. The van der Waals surface area contributed by atoms with Crippen LogP contribution in [0, 0.1) is 0 Å². The third kappa shape index (κ3) is 5.56. The van der Waals surface area contributed by atoms with E-state index in [0.29, 0.717) is 12.8 Å². The van der Waals surface area contributed by atoms with Crippen molar-refractivity contribution in [1.29, 1.82) is 0 Å². The van der Waals surface area contributed by atoms with Crippen LogP contribution >= 0.6 is 7.75 Å². The lowest BCUT2D eigenvalue weighted by molar-refractivity contribution is -0.115. The van der Waals surface area contributed by atoms with E-state index in [9.17, 15) is 24.4 Å². The minimum absolute atomic E-state index is 0.00339. The predicted octanol–water partition coefficient (Wildman–Crippen LogP) is 1.64. The second-order valence-corrected chi connectivity index (χ2v) is 6.94. The van der Waals surface area contributed by atoms with E-state index >= 15 is 0 Å². The molecule has 0 saturated carbocycles. The fourth-order valence-corrected chi connectivity index (χ4v) is 3.11. The zero-order chi connectivity index (χ0) is 18.6. The molecule has 8 nitrogen and oxygen atoms in total. The largest absolute Gasteiger partial charge is 0.508 e. The zero-order valence-corrected chi connectivity index (χ0v) is 14.1. The molecule has 0 aromatic heterocycles. The van der Waals surface area contributed by atoms with Crippen molar-refractivity contribution in [2.45, 2.75) is 25.7 Å². The standard InChI is InChI=1S/C16H18NO7P/c18-11-5-1-3-10(7-11)4-2-6-14(20)16-13(17-25(22,23)24)8-12(19)9-15(16)21/h1,3,5,7,9,18,21H,2,4,6,8H2,(H3,17,22,23,24). The summed E-state index contributed by atoms with van der Waals surface area (Å²) in [6.45, 7) is 0. The summed E-state index contributed by atoms with van der Waals surface area (Å²) in [5.74, 6) is -1.58. The molecule has 0 spiro atoms. The van der Waals surface area contributed by atoms with Gasteiger partial charge in [0.05, 0.1) is 12.0 Å². The number of aliphatic hydroxyl groups excluding tert-OH is 1. The predicted molar refractivity (Wildman–Crippen MR) is 88.6 cm³/mol. The summed E-state index contributed by atoms with van der Waals surface area (Å²) in [5.41, 5.74) is 0.272.